The molecule has 3 aliphatic rings. The van der Waals surface area contributed by atoms with Crippen LogP contribution in [0, 0.1) is 0 Å². The molecule has 0 N–H and O–H groups in total. The Hall–Kier alpha value is -3.47. The lowest BCUT2D eigenvalue weighted by molar-refractivity contribution is -0.137. The van der Waals surface area contributed by atoms with Crippen LogP contribution in [0.4, 0.5) is 19.1 Å². The maximum Gasteiger partial charge on any atom is 0.417 e. The van der Waals surface area contributed by atoms with Gasteiger partial charge in [-0.25, -0.2) is 14.8 Å². The monoisotopic (exact) mass is 528 g/mol. The molecule has 3 aromatic rings. The predicted molar refractivity (Wildman–Crippen MR) is 129 cm³/mol. The van der Waals surface area contributed by atoms with E-state index < -0.39 is 17.7 Å². The third-order valence-corrected chi connectivity index (χ3v) is 7.68. The Morgan fingerprint density at radius 2 is 1.84 bits per heavy atom. The molecule has 6 rings (SSSR count). The molecule has 4 heterocycles. The number of carbonyl (C=O) groups is 1. The minimum Gasteiger partial charge on any atom is -0.464 e. The first kappa shape index (κ1) is 24.8. The summed E-state index contributed by atoms with van der Waals surface area (Å²) in [5.41, 5.74) is 0.285. The number of esters is 1. The van der Waals surface area contributed by atoms with Crippen LogP contribution in [0.25, 0.3) is 11.3 Å². The average molecular weight is 529 g/mol. The number of methoxy groups -OCH3 is 1. The molecular weight excluding hydrogens is 501 g/mol. The van der Waals surface area contributed by atoms with E-state index in [9.17, 15) is 18.0 Å². The van der Waals surface area contributed by atoms with Crippen molar-refractivity contribution >= 4 is 11.9 Å². The fourth-order valence-electron chi connectivity index (χ4n) is 5.76. The van der Waals surface area contributed by atoms with Gasteiger partial charge in [-0.15, -0.1) is 0 Å². The van der Waals surface area contributed by atoms with Crippen molar-refractivity contribution in [3.8, 4) is 11.3 Å². The number of ether oxygens (including phenoxy) is 2. The van der Waals surface area contributed by atoms with Crippen LogP contribution < -0.4 is 4.90 Å². The van der Waals surface area contributed by atoms with Crippen molar-refractivity contribution in [3.63, 3.8) is 0 Å². The molecule has 1 aromatic carbocycles. The van der Waals surface area contributed by atoms with Gasteiger partial charge in [0.05, 0.1) is 25.4 Å². The zero-order valence-electron chi connectivity index (χ0n) is 20.8. The quantitative estimate of drug-likeness (QED) is 0.370. The molecule has 1 saturated carbocycles. The first-order valence-electron chi connectivity index (χ1n) is 12.8. The van der Waals surface area contributed by atoms with Gasteiger partial charge in [-0.1, -0.05) is 23.4 Å². The molecule has 0 radical (unpaired) electrons. The van der Waals surface area contributed by atoms with Crippen molar-refractivity contribution in [2.75, 3.05) is 12.0 Å². The molecule has 2 aliphatic heterocycles. The Balaban J connectivity index is 1.21. The molecule has 11 heteroatoms. The molecule has 0 spiro atoms. The van der Waals surface area contributed by atoms with Crippen LogP contribution in [0.1, 0.15) is 71.8 Å². The molecule has 2 unspecified atom stereocenters. The van der Waals surface area contributed by atoms with Crippen LogP contribution in [0.5, 0.6) is 0 Å². The van der Waals surface area contributed by atoms with Crippen LogP contribution in [-0.2, 0) is 22.3 Å². The van der Waals surface area contributed by atoms with Crippen LogP contribution in [0.3, 0.4) is 0 Å². The van der Waals surface area contributed by atoms with Gasteiger partial charge in [-0.05, 0) is 50.7 Å². The summed E-state index contributed by atoms with van der Waals surface area (Å²) < 4.78 is 58.0. The van der Waals surface area contributed by atoms with Crippen molar-refractivity contribution in [1.29, 1.82) is 0 Å². The van der Waals surface area contributed by atoms with E-state index >= 15 is 0 Å². The molecule has 3 fully saturated rings. The highest BCUT2D eigenvalue weighted by atomic mass is 19.4. The fourth-order valence-corrected chi connectivity index (χ4v) is 5.76. The number of fused-ring (bicyclic) bond motifs is 2. The highest BCUT2D eigenvalue weighted by molar-refractivity contribution is 5.87. The number of carbonyl (C=O) groups excluding carboxylic acids is 1. The summed E-state index contributed by atoms with van der Waals surface area (Å²) in [4.78, 5) is 22.9. The zero-order valence-corrected chi connectivity index (χ0v) is 20.8. The number of hydrogen-bond acceptors (Lipinski definition) is 8. The van der Waals surface area contributed by atoms with Gasteiger partial charge in [-0.2, -0.15) is 13.2 Å². The maximum absolute atomic E-state index is 13.7. The summed E-state index contributed by atoms with van der Waals surface area (Å²) in [6.07, 6.45) is 2.16. The number of piperidine rings is 1. The molecule has 0 amide bonds. The standard InChI is InChI=1S/C27H27F3N4O4/c1-36-25(35)22-10-11-31-26(32-22)34-16-8-9-17(34)13-18(12-16)37-14-20-23(33-38-24(20)15-6-7-15)19-4-2-3-5-21(19)27(28,29)30/h2-5,10-11,15-18H,6-9,12-14H2,1H3. The second-order valence-corrected chi connectivity index (χ2v) is 10.1. The van der Waals surface area contributed by atoms with E-state index in [0.29, 0.717) is 17.3 Å². The van der Waals surface area contributed by atoms with E-state index in [2.05, 4.69) is 20.0 Å². The molecule has 2 aromatic heterocycles. The highest BCUT2D eigenvalue weighted by Gasteiger charge is 2.43. The third-order valence-electron chi connectivity index (χ3n) is 7.68. The second-order valence-electron chi connectivity index (χ2n) is 10.1. The van der Waals surface area contributed by atoms with E-state index in [0.717, 1.165) is 44.6 Å². The largest absolute Gasteiger partial charge is 0.464 e. The number of nitrogens with zero attached hydrogens (tertiary/aromatic N) is 4. The number of benzene rings is 1. The Kier molecular flexibility index (Phi) is 6.33. The second kappa shape index (κ2) is 9.68. The van der Waals surface area contributed by atoms with Crippen LogP contribution in [-0.4, -0.2) is 46.4 Å². The van der Waals surface area contributed by atoms with Gasteiger partial charge in [0.15, 0.2) is 5.69 Å². The summed E-state index contributed by atoms with van der Waals surface area (Å²) in [5, 5.41) is 4.09. The third kappa shape index (κ3) is 4.63. The predicted octanol–water partition coefficient (Wildman–Crippen LogP) is 5.53. The number of anilines is 1. The van der Waals surface area contributed by atoms with E-state index in [4.69, 9.17) is 14.0 Å². The Morgan fingerprint density at radius 1 is 1.11 bits per heavy atom. The summed E-state index contributed by atoms with van der Waals surface area (Å²) >= 11 is 0. The lowest BCUT2D eigenvalue weighted by Gasteiger charge is -2.38. The molecule has 38 heavy (non-hydrogen) atoms. The molecule has 1 aliphatic carbocycles. The summed E-state index contributed by atoms with van der Waals surface area (Å²) in [7, 11) is 1.31. The lowest BCUT2D eigenvalue weighted by Crippen LogP contribution is -2.46. The van der Waals surface area contributed by atoms with Crippen molar-refractivity contribution in [1.82, 2.24) is 15.1 Å². The minimum absolute atomic E-state index is 0.00627. The van der Waals surface area contributed by atoms with Gasteiger partial charge in [0.1, 0.15) is 11.5 Å². The normalized spacial score (nSPS) is 23.1. The number of alkyl halides is 3. The molecule has 8 nitrogen and oxygen atoms in total. The fraction of sp³-hybridized carbons (Fsp3) is 0.481. The molecular formula is C27H27F3N4O4. The van der Waals surface area contributed by atoms with Crippen molar-refractivity contribution in [3.05, 3.63) is 59.1 Å². The van der Waals surface area contributed by atoms with Crippen LogP contribution >= 0.6 is 0 Å². The van der Waals surface area contributed by atoms with E-state index in [1.165, 1.54) is 25.3 Å². The highest BCUT2D eigenvalue weighted by Crippen LogP contribution is 2.46. The van der Waals surface area contributed by atoms with Gasteiger partial charge in [0.2, 0.25) is 5.95 Å². The van der Waals surface area contributed by atoms with E-state index in [-0.39, 0.29) is 47.7 Å². The van der Waals surface area contributed by atoms with Gasteiger partial charge in [-0.3, -0.25) is 0 Å². The molecule has 2 atom stereocenters. The molecule has 2 saturated heterocycles. The average Bonchev–Trinajstić information content (AvgIpc) is 3.62. The topological polar surface area (TPSA) is 90.6 Å². The van der Waals surface area contributed by atoms with Crippen LogP contribution in [0.2, 0.25) is 0 Å². The Morgan fingerprint density at radius 3 is 2.53 bits per heavy atom. The SMILES string of the molecule is COC(=O)c1ccnc(N2C3CCC2CC(OCc2c(-c4ccccc4C(F)(F)F)noc2C2CC2)C3)n1. The lowest BCUT2D eigenvalue weighted by atomic mass is 9.98. The number of aromatic nitrogens is 3. The molecule has 2 bridgehead atoms. The van der Waals surface area contributed by atoms with Gasteiger partial charge in [0, 0.05) is 35.3 Å². The zero-order chi connectivity index (χ0) is 26.4. The van der Waals surface area contributed by atoms with Gasteiger partial charge >= 0.3 is 12.1 Å². The number of rotatable bonds is 7. The van der Waals surface area contributed by atoms with Crippen molar-refractivity contribution in [2.45, 2.75) is 75.4 Å². The van der Waals surface area contributed by atoms with E-state index in [1.54, 1.807) is 12.3 Å². The van der Waals surface area contributed by atoms with Gasteiger partial charge < -0.3 is 18.9 Å². The van der Waals surface area contributed by atoms with E-state index in [1.807, 2.05) is 0 Å². The first-order chi connectivity index (χ1) is 18.3. The van der Waals surface area contributed by atoms with Crippen molar-refractivity contribution in [2.24, 2.45) is 0 Å². The summed E-state index contributed by atoms with van der Waals surface area (Å²) in [6.45, 7) is 0.134. The Labute approximate surface area is 217 Å². The maximum atomic E-state index is 13.7. The summed E-state index contributed by atoms with van der Waals surface area (Å²) in [6, 6.07) is 7.25. The van der Waals surface area contributed by atoms with Gasteiger partial charge in [0.25, 0.3) is 0 Å². The van der Waals surface area contributed by atoms with Crippen LogP contribution in [0.15, 0.2) is 41.1 Å². The number of halogens is 3. The first-order valence-corrected chi connectivity index (χ1v) is 12.8. The smallest absolute Gasteiger partial charge is 0.417 e. The number of hydrogen-bond donors (Lipinski definition) is 0. The van der Waals surface area contributed by atoms with Crippen molar-refractivity contribution < 1.29 is 32.0 Å². The Bertz CT molecular complexity index is 1330. The molecule has 200 valence electrons. The minimum atomic E-state index is -4.51. The summed E-state index contributed by atoms with van der Waals surface area (Å²) in [5.74, 6) is 0.790.